The van der Waals surface area contributed by atoms with Gasteiger partial charge in [0.15, 0.2) is 0 Å². The van der Waals surface area contributed by atoms with Crippen LogP contribution in [0.1, 0.15) is 38.3 Å². The van der Waals surface area contributed by atoms with E-state index in [0.717, 1.165) is 24.2 Å². The van der Waals surface area contributed by atoms with Crippen molar-refractivity contribution in [3.8, 4) is 0 Å². The van der Waals surface area contributed by atoms with Gasteiger partial charge in [0.1, 0.15) is 12.4 Å². The van der Waals surface area contributed by atoms with Gasteiger partial charge in [-0.05, 0) is 23.5 Å². The van der Waals surface area contributed by atoms with Gasteiger partial charge < -0.3 is 10.5 Å². The van der Waals surface area contributed by atoms with Crippen molar-refractivity contribution >= 4 is 11.9 Å². The van der Waals surface area contributed by atoms with Gasteiger partial charge in [0.05, 0.1) is 0 Å². The molecule has 0 aliphatic carbocycles. The summed E-state index contributed by atoms with van der Waals surface area (Å²) in [6.07, 6.45) is 1.84. The number of aryl methyl sites for hydroxylation is 1. The highest BCUT2D eigenvalue weighted by atomic mass is 16.5. The van der Waals surface area contributed by atoms with Gasteiger partial charge in [0, 0.05) is 13.5 Å². The molecule has 0 unspecified atom stereocenters. The normalized spacial score (nSPS) is 12.8. The van der Waals surface area contributed by atoms with Crippen LogP contribution in [0.4, 0.5) is 0 Å². The predicted octanol–water partition coefficient (Wildman–Crippen LogP) is 3.15. The van der Waals surface area contributed by atoms with E-state index in [1.54, 1.807) is 7.05 Å². The summed E-state index contributed by atoms with van der Waals surface area (Å²) in [6.45, 7) is 6.80. The van der Waals surface area contributed by atoms with Crippen molar-refractivity contribution in [2.45, 2.75) is 40.2 Å². The van der Waals surface area contributed by atoms with Crippen LogP contribution in [-0.2, 0) is 17.8 Å². The monoisotopic (exact) mass is 275 g/mol. The lowest BCUT2D eigenvalue weighted by molar-refractivity contribution is 0.288. The molecule has 0 saturated carbocycles. The molecule has 20 heavy (non-hydrogen) atoms. The van der Waals surface area contributed by atoms with Crippen LogP contribution in [0.5, 0.6) is 0 Å². The van der Waals surface area contributed by atoms with Gasteiger partial charge in [0.2, 0.25) is 0 Å². The largest absolute Gasteiger partial charge is 0.460 e. The molecule has 0 bridgehead atoms. The third kappa shape index (κ3) is 5.87. The van der Waals surface area contributed by atoms with E-state index < -0.39 is 0 Å². The highest BCUT2D eigenvalue weighted by Crippen LogP contribution is 2.07. The van der Waals surface area contributed by atoms with E-state index in [2.05, 4.69) is 55.0 Å². The molecule has 1 rings (SSSR count). The second-order valence-electron chi connectivity index (χ2n) is 5.15. The van der Waals surface area contributed by atoms with E-state index in [-0.39, 0.29) is 6.02 Å². The van der Waals surface area contributed by atoms with Gasteiger partial charge in [-0.15, -0.1) is 0 Å². The first-order valence-corrected chi connectivity index (χ1v) is 7.05. The van der Waals surface area contributed by atoms with E-state index in [4.69, 9.17) is 10.5 Å². The van der Waals surface area contributed by atoms with Gasteiger partial charge in [-0.1, -0.05) is 45.0 Å². The Labute approximate surface area is 121 Å². The van der Waals surface area contributed by atoms with Gasteiger partial charge in [0.25, 0.3) is 6.02 Å². The number of nitrogens with zero attached hydrogens (tertiary/aromatic N) is 2. The van der Waals surface area contributed by atoms with E-state index in [0.29, 0.717) is 12.5 Å². The van der Waals surface area contributed by atoms with Crippen molar-refractivity contribution in [3.05, 3.63) is 35.4 Å². The molecule has 0 saturated heterocycles. The van der Waals surface area contributed by atoms with Crippen LogP contribution in [-0.4, -0.2) is 18.9 Å². The SMILES string of the molecule is CCc1ccc(COC(N)=NC(CC(C)C)=NC)cc1. The molecule has 0 spiro atoms. The lowest BCUT2D eigenvalue weighted by Gasteiger charge is -2.08. The number of ether oxygens (including phenoxy) is 1. The topological polar surface area (TPSA) is 60.0 Å². The molecule has 0 fully saturated rings. The third-order valence-corrected chi connectivity index (χ3v) is 2.91. The zero-order valence-electron chi connectivity index (χ0n) is 12.9. The molecule has 0 amide bonds. The summed E-state index contributed by atoms with van der Waals surface area (Å²) in [5, 5.41) is 0. The minimum atomic E-state index is 0.172. The van der Waals surface area contributed by atoms with Crippen LogP contribution in [0.2, 0.25) is 0 Å². The molecule has 2 N–H and O–H groups in total. The van der Waals surface area contributed by atoms with Crippen LogP contribution in [0.15, 0.2) is 34.3 Å². The van der Waals surface area contributed by atoms with Gasteiger partial charge in [-0.3, -0.25) is 4.99 Å². The van der Waals surface area contributed by atoms with Crippen LogP contribution in [0.25, 0.3) is 0 Å². The Morgan fingerprint density at radius 3 is 2.30 bits per heavy atom. The first-order valence-electron chi connectivity index (χ1n) is 7.05. The fourth-order valence-electron chi connectivity index (χ4n) is 1.74. The Bertz CT molecular complexity index is 461. The molecular weight excluding hydrogens is 250 g/mol. The van der Waals surface area contributed by atoms with Gasteiger partial charge in [-0.25, -0.2) is 0 Å². The Morgan fingerprint density at radius 2 is 1.80 bits per heavy atom. The maximum Gasteiger partial charge on any atom is 0.288 e. The van der Waals surface area contributed by atoms with Crippen molar-refractivity contribution in [1.82, 2.24) is 0 Å². The van der Waals surface area contributed by atoms with Crippen LogP contribution in [0.3, 0.4) is 0 Å². The average Bonchev–Trinajstić information content (AvgIpc) is 2.44. The summed E-state index contributed by atoms with van der Waals surface area (Å²) >= 11 is 0. The van der Waals surface area contributed by atoms with E-state index in [1.165, 1.54) is 5.56 Å². The first kappa shape index (κ1) is 16.2. The molecule has 0 radical (unpaired) electrons. The number of hydrogen-bond donors (Lipinski definition) is 1. The van der Waals surface area contributed by atoms with Gasteiger partial charge >= 0.3 is 0 Å². The van der Waals surface area contributed by atoms with E-state index >= 15 is 0 Å². The molecular formula is C16H25N3O. The molecule has 0 aromatic heterocycles. The first-order chi connectivity index (χ1) is 9.55. The molecule has 0 atom stereocenters. The predicted molar refractivity (Wildman–Crippen MR) is 85.0 cm³/mol. The highest BCUT2D eigenvalue weighted by Gasteiger charge is 2.03. The minimum absolute atomic E-state index is 0.172. The number of amidine groups is 2. The van der Waals surface area contributed by atoms with E-state index in [1.807, 2.05) is 0 Å². The van der Waals surface area contributed by atoms with Crippen molar-refractivity contribution in [1.29, 1.82) is 0 Å². The Morgan fingerprint density at radius 1 is 1.20 bits per heavy atom. The summed E-state index contributed by atoms with van der Waals surface area (Å²) in [5.74, 6) is 1.21. The Balaban J connectivity index is 2.54. The fraction of sp³-hybridized carbons (Fsp3) is 0.500. The van der Waals surface area contributed by atoms with Crippen LogP contribution < -0.4 is 5.73 Å². The number of rotatable bonds is 5. The lowest BCUT2D eigenvalue weighted by Crippen LogP contribution is -2.18. The van der Waals surface area contributed by atoms with Crippen molar-refractivity contribution in [2.24, 2.45) is 21.6 Å². The number of hydrogen-bond acceptors (Lipinski definition) is 2. The molecule has 0 aliphatic rings. The maximum absolute atomic E-state index is 5.78. The summed E-state index contributed by atoms with van der Waals surface area (Å²) < 4.78 is 5.46. The molecule has 110 valence electrons. The number of benzene rings is 1. The van der Waals surface area contributed by atoms with Crippen molar-refractivity contribution in [3.63, 3.8) is 0 Å². The summed E-state index contributed by atoms with van der Waals surface area (Å²) in [4.78, 5) is 8.32. The zero-order chi connectivity index (χ0) is 15.0. The van der Waals surface area contributed by atoms with Crippen molar-refractivity contribution in [2.75, 3.05) is 7.05 Å². The minimum Gasteiger partial charge on any atom is -0.460 e. The fourth-order valence-corrected chi connectivity index (χ4v) is 1.74. The lowest BCUT2D eigenvalue weighted by atomic mass is 10.1. The molecule has 0 heterocycles. The molecule has 4 nitrogen and oxygen atoms in total. The third-order valence-electron chi connectivity index (χ3n) is 2.91. The zero-order valence-corrected chi connectivity index (χ0v) is 12.9. The van der Waals surface area contributed by atoms with Crippen LogP contribution >= 0.6 is 0 Å². The summed E-state index contributed by atoms with van der Waals surface area (Å²) in [5.41, 5.74) is 8.17. The number of nitrogens with two attached hydrogens (primary N) is 1. The number of aliphatic imine (C=N–C) groups is 2. The standard InChI is InChI=1S/C16H25N3O/c1-5-13-6-8-14(9-7-13)11-20-16(17)19-15(18-4)10-12(2)3/h6-9,12H,5,10-11H2,1-4H3,(H2,17,18,19). The molecule has 1 aromatic rings. The average molecular weight is 275 g/mol. The second kappa shape index (κ2) is 8.35. The van der Waals surface area contributed by atoms with Gasteiger partial charge in [-0.2, -0.15) is 4.99 Å². The maximum atomic E-state index is 5.78. The highest BCUT2D eigenvalue weighted by molar-refractivity contribution is 5.93. The molecule has 1 aromatic carbocycles. The second-order valence-corrected chi connectivity index (χ2v) is 5.15. The summed E-state index contributed by atoms with van der Waals surface area (Å²) in [7, 11) is 1.72. The molecule has 0 aliphatic heterocycles. The summed E-state index contributed by atoms with van der Waals surface area (Å²) in [6, 6.07) is 8.48. The quantitative estimate of drug-likeness (QED) is 0.663. The van der Waals surface area contributed by atoms with Crippen molar-refractivity contribution < 1.29 is 4.74 Å². The Hall–Kier alpha value is -1.84. The van der Waals surface area contributed by atoms with Crippen LogP contribution in [0, 0.1) is 5.92 Å². The molecule has 4 heteroatoms. The van der Waals surface area contributed by atoms with E-state index in [9.17, 15) is 0 Å². The Kier molecular flexibility index (Phi) is 6.77. The smallest absolute Gasteiger partial charge is 0.288 e.